The van der Waals surface area contributed by atoms with Crippen molar-refractivity contribution >= 4 is 34.4 Å². The molecule has 0 spiro atoms. The van der Waals surface area contributed by atoms with E-state index in [1.807, 2.05) is 30.6 Å². The first-order chi connectivity index (χ1) is 8.26. The zero-order valence-corrected chi connectivity index (χ0v) is 10.8. The number of nitrogens with zero attached hydrogens (tertiary/aromatic N) is 2. The van der Waals surface area contributed by atoms with E-state index in [1.165, 1.54) is 5.56 Å². The average Bonchev–Trinajstić information content (AvgIpc) is 2.35. The van der Waals surface area contributed by atoms with Crippen LogP contribution >= 0.6 is 11.6 Å². The normalized spacial score (nSPS) is 11.5. The maximum absolute atomic E-state index is 6.04. The topological polar surface area (TPSA) is 25.2 Å². The van der Waals surface area contributed by atoms with Gasteiger partial charge in [0.05, 0.1) is 17.4 Å². The first kappa shape index (κ1) is 12.1. The molecule has 1 heterocycles. The highest BCUT2D eigenvalue weighted by molar-refractivity contribution is 6.31. The number of hydrogen-bond donors (Lipinski definition) is 0. The van der Waals surface area contributed by atoms with Crippen LogP contribution in [0.15, 0.2) is 29.4 Å². The predicted octanol–water partition coefficient (Wildman–Crippen LogP) is 4.56. The molecule has 0 N–H and O–H groups in total. The number of aliphatic imine (C=N–C) groups is 1. The Morgan fingerprint density at radius 2 is 2.18 bits per heavy atom. The number of halogens is 1. The summed E-state index contributed by atoms with van der Waals surface area (Å²) in [6.45, 7) is 4.20. The summed E-state index contributed by atoms with van der Waals surface area (Å²) in [6.07, 6.45) is 5.60. The van der Waals surface area contributed by atoms with E-state index in [0.717, 1.165) is 34.5 Å². The lowest BCUT2D eigenvalue weighted by atomic mass is 10.1. The molecule has 1 aromatic carbocycles. The van der Waals surface area contributed by atoms with Crippen molar-refractivity contribution in [2.24, 2.45) is 4.99 Å². The summed E-state index contributed by atoms with van der Waals surface area (Å²) >= 11 is 6.04. The van der Waals surface area contributed by atoms with E-state index in [0.29, 0.717) is 0 Å². The van der Waals surface area contributed by atoms with Crippen molar-refractivity contribution in [2.75, 3.05) is 0 Å². The molecule has 2 nitrogen and oxygen atoms in total. The van der Waals surface area contributed by atoms with Gasteiger partial charge in [0.15, 0.2) is 0 Å². The van der Waals surface area contributed by atoms with Gasteiger partial charge >= 0.3 is 0 Å². The van der Waals surface area contributed by atoms with Gasteiger partial charge in [-0.25, -0.2) is 0 Å². The maximum atomic E-state index is 6.04. The van der Waals surface area contributed by atoms with E-state index in [4.69, 9.17) is 11.6 Å². The maximum Gasteiger partial charge on any atom is 0.0847 e. The van der Waals surface area contributed by atoms with Gasteiger partial charge < -0.3 is 0 Å². The first-order valence-electron chi connectivity index (χ1n) is 5.86. The molecule has 0 aliphatic heterocycles. The highest BCUT2D eigenvalue weighted by Gasteiger charge is 2.06. The SMILES string of the molecule is CC/C=N\c1cnc2ccc(Cl)cc2c1CC. The molecular formula is C14H15ClN2. The minimum atomic E-state index is 0.741. The lowest BCUT2D eigenvalue weighted by Gasteiger charge is -2.07. The smallest absolute Gasteiger partial charge is 0.0847 e. The Bertz CT molecular complexity index is 561. The van der Waals surface area contributed by atoms with E-state index in [9.17, 15) is 0 Å². The second kappa shape index (κ2) is 5.28. The summed E-state index contributed by atoms with van der Waals surface area (Å²) in [5.41, 5.74) is 3.13. The Hall–Kier alpha value is -1.41. The predicted molar refractivity (Wildman–Crippen MR) is 74.6 cm³/mol. The summed E-state index contributed by atoms with van der Waals surface area (Å²) in [4.78, 5) is 8.86. The summed E-state index contributed by atoms with van der Waals surface area (Å²) in [7, 11) is 0. The van der Waals surface area contributed by atoms with Gasteiger partial charge in [-0.05, 0) is 36.6 Å². The molecule has 0 fully saturated rings. The second-order valence-corrected chi connectivity index (χ2v) is 4.29. The molecule has 0 aliphatic carbocycles. The molecule has 0 saturated heterocycles. The molecule has 0 unspecified atom stereocenters. The van der Waals surface area contributed by atoms with Gasteiger partial charge in [0.1, 0.15) is 0 Å². The minimum Gasteiger partial charge on any atom is -0.259 e. The molecule has 88 valence electrons. The molecule has 17 heavy (non-hydrogen) atoms. The lowest BCUT2D eigenvalue weighted by Crippen LogP contribution is -1.88. The lowest BCUT2D eigenvalue weighted by molar-refractivity contribution is 1.14. The van der Waals surface area contributed by atoms with Crippen LogP contribution < -0.4 is 0 Å². The van der Waals surface area contributed by atoms with Crippen LogP contribution in [0.3, 0.4) is 0 Å². The fraction of sp³-hybridized carbons (Fsp3) is 0.286. The Kier molecular flexibility index (Phi) is 3.75. The standard InChI is InChI=1S/C14H15ClN2/c1-3-7-16-14-9-17-13-6-5-10(15)8-12(13)11(14)4-2/h5-9H,3-4H2,1-2H3/b16-7-. The van der Waals surface area contributed by atoms with Crippen LogP contribution in [0.1, 0.15) is 25.8 Å². The van der Waals surface area contributed by atoms with Gasteiger partial charge in [-0.1, -0.05) is 25.4 Å². The molecular weight excluding hydrogens is 232 g/mol. The van der Waals surface area contributed by atoms with Crippen molar-refractivity contribution in [1.29, 1.82) is 0 Å². The Morgan fingerprint density at radius 3 is 2.88 bits per heavy atom. The van der Waals surface area contributed by atoms with Crippen LogP contribution in [-0.4, -0.2) is 11.2 Å². The van der Waals surface area contributed by atoms with Crippen molar-refractivity contribution < 1.29 is 0 Å². The van der Waals surface area contributed by atoms with Crippen molar-refractivity contribution in [3.63, 3.8) is 0 Å². The number of fused-ring (bicyclic) bond motifs is 1. The zero-order chi connectivity index (χ0) is 12.3. The number of hydrogen-bond acceptors (Lipinski definition) is 2. The summed E-state index contributed by atoms with van der Waals surface area (Å²) in [5.74, 6) is 0. The Balaban J connectivity index is 2.67. The molecule has 2 rings (SSSR count). The van der Waals surface area contributed by atoms with E-state index < -0.39 is 0 Å². The number of aromatic nitrogens is 1. The van der Waals surface area contributed by atoms with Gasteiger partial charge in [0, 0.05) is 16.6 Å². The third-order valence-electron chi connectivity index (χ3n) is 2.69. The van der Waals surface area contributed by atoms with Gasteiger partial charge in [-0.2, -0.15) is 0 Å². The zero-order valence-electron chi connectivity index (χ0n) is 10.1. The fourth-order valence-electron chi connectivity index (χ4n) is 1.88. The summed E-state index contributed by atoms with van der Waals surface area (Å²) in [6, 6.07) is 5.78. The quantitative estimate of drug-likeness (QED) is 0.729. The highest BCUT2D eigenvalue weighted by atomic mass is 35.5. The van der Waals surface area contributed by atoms with Crippen LogP contribution in [0.25, 0.3) is 10.9 Å². The van der Waals surface area contributed by atoms with Crippen molar-refractivity contribution in [3.05, 3.63) is 35.0 Å². The van der Waals surface area contributed by atoms with Crippen LogP contribution in [0, 0.1) is 0 Å². The molecule has 3 heteroatoms. The van der Waals surface area contributed by atoms with E-state index in [1.54, 1.807) is 0 Å². The number of pyridine rings is 1. The summed E-state index contributed by atoms with van der Waals surface area (Å²) < 4.78 is 0. The van der Waals surface area contributed by atoms with Crippen molar-refractivity contribution in [1.82, 2.24) is 4.98 Å². The number of benzene rings is 1. The highest BCUT2D eigenvalue weighted by Crippen LogP contribution is 2.28. The number of aryl methyl sites for hydroxylation is 1. The molecule has 1 aromatic heterocycles. The first-order valence-corrected chi connectivity index (χ1v) is 6.23. The Morgan fingerprint density at radius 1 is 1.35 bits per heavy atom. The van der Waals surface area contributed by atoms with Gasteiger partial charge in [0.2, 0.25) is 0 Å². The molecule has 0 radical (unpaired) electrons. The van der Waals surface area contributed by atoms with Crippen LogP contribution in [0.5, 0.6) is 0 Å². The average molecular weight is 247 g/mol. The molecule has 0 bridgehead atoms. The largest absolute Gasteiger partial charge is 0.259 e. The molecule has 0 saturated carbocycles. The van der Waals surface area contributed by atoms with E-state index in [-0.39, 0.29) is 0 Å². The van der Waals surface area contributed by atoms with Crippen LogP contribution in [0.4, 0.5) is 5.69 Å². The fourth-order valence-corrected chi connectivity index (χ4v) is 2.05. The third kappa shape index (κ3) is 2.47. The molecule has 0 atom stereocenters. The third-order valence-corrected chi connectivity index (χ3v) is 2.92. The van der Waals surface area contributed by atoms with Crippen LogP contribution in [0.2, 0.25) is 5.02 Å². The monoisotopic (exact) mass is 246 g/mol. The molecule has 2 aromatic rings. The van der Waals surface area contributed by atoms with Crippen molar-refractivity contribution in [3.8, 4) is 0 Å². The van der Waals surface area contributed by atoms with E-state index >= 15 is 0 Å². The van der Waals surface area contributed by atoms with Gasteiger partial charge in [-0.15, -0.1) is 0 Å². The van der Waals surface area contributed by atoms with Crippen LogP contribution in [-0.2, 0) is 6.42 Å². The molecule has 0 amide bonds. The van der Waals surface area contributed by atoms with Gasteiger partial charge in [-0.3, -0.25) is 9.98 Å². The Labute approximate surface area is 106 Å². The summed E-state index contributed by atoms with van der Waals surface area (Å²) in [5, 5.41) is 1.84. The second-order valence-electron chi connectivity index (χ2n) is 3.86. The number of rotatable bonds is 3. The van der Waals surface area contributed by atoms with Crippen molar-refractivity contribution in [2.45, 2.75) is 26.7 Å². The minimum absolute atomic E-state index is 0.741. The van der Waals surface area contributed by atoms with E-state index in [2.05, 4.69) is 23.8 Å². The molecule has 0 aliphatic rings. The van der Waals surface area contributed by atoms with Gasteiger partial charge in [0.25, 0.3) is 0 Å².